The molecular weight excluding hydrogens is 564 g/mol. The summed E-state index contributed by atoms with van der Waals surface area (Å²) in [7, 11) is 3.72. The lowest BCUT2D eigenvalue weighted by Gasteiger charge is -2.48. The monoisotopic (exact) mass is 608 g/mol. The van der Waals surface area contributed by atoms with Crippen LogP contribution in [0.25, 0.3) is 33.5 Å². The van der Waals surface area contributed by atoms with Gasteiger partial charge < -0.3 is 29.4 Å². The van der Waals surface area contributed by atoms with E-state index in [0.29, 0.717) is 29.1 Å². The summed E-state index contributed by atoms with van der Waals surface area (Å²) in [6.07, 6.45) is 7.48. The first-order valence-electron chi connectivity index (χ1n) is 16.8. The van der Waals surface area contributed by atoms with E-state index in [-0.39, 0.29) is 23.9 Å². The van der Waals surface area contributed by atoms with Crippen LogP contribution in [0.5, 0.6) is 5.75 Å². The molecule has 45 heavy (non-hydrogen) atoms. The highest BCUT2D eigenvalue weighted by atomic mass is 16.5. The molecule has 0 radical (unpaired) electrons. The fourth-order valence-electron chi connectivity index (χ4n) is 8.51. The predicted molar refractivity (Wildman–Crippen MR) is 175 cm³/mol. The SMILES string of the molecule is COc1cc(C(=O)N2C[C@H]3CC[C@@H]2C[C@@H]3N)cc2nc(-c3cc4cccc(C5CCN(C(C)=O)CC5)c4n3CC3CC3)n(C)c12. The maximum atomic E-state index is 13.9. The molecule has 2 aliphatic carbocycles. The number of hydrogen-bond acceptors (Lipinski definition) is 5. The van der Waals surface area contributed by atoms with Crippen LogP contribution in [-0.2, 0) is 18.4 Å². The average Bonchev–Trinajstić information content (AvgIpc) is 3.72. The molecule has 5 heterocycles. The van der Waals surface area contributed by atoms with Crippen molar-refractivity contribution in [2.24, 2.45) is 24.6 Å². The van der Waals surface area contributed by atoms with Gasteiger partial charge in [0.05, 0.1) is 23.8 Å². The van der Waals surface area contributed by atoms with Crippen LogP contribution in [0.4, 0.5) is 0 Å². The molecule has 2 saturated carbocycles. The number of piperidine rings is 3. The Bertz CT molecular complexity index is 1810. The van der Waals surface area contributed by atoms with Gasteiger partial charge in [-0.1, -0.05) is 18.2 Å². The summed E-state index contributed by atoms with van der Waals surface area (Å²) in [6.45, 7) is 4.99. The van der Waals surface area contributed by atoms with Crippen molar-refractivity contribution in [1.29, 1.82) is 0 Å². The van der Waals surface area contributed by atoms with E-state index in [1.807, 2.05) is 21.9 Å². The van der Waals surface area contributed by atoms with E-state index >= 15 is 0 Å². The van der Waals surface area contributed by atoms with Gasteiger partial charge >= 0.3 is 0 Å². The number of imidazole rings is 1. The molecule has 4 aromatic rings. The Morgan fingerprint density at radius 3 is 2.49 bits per heavy atom. The van der Waals surface area contributed by atoms with Crippen LogP contribution in [0.2, 0.25) is 0 Å². The van der Waals surface area contributed by atoms with E-state index in [4.69, 9.17) is 15.5 Å². The molecule has 2 amide bonds. The number of para-hydroxylation sites is 1. The van der Waals surface area contributed by atoms with Gasteiger partial charge in [-0.05, 0) is 86.5 Å². The van der Waals surface area contributed by atoms with Crippen LogP contribution in [-0.4, -0.2) is 74.6 Å². The first-order chi connectivity index (χ1) is 21.8. The van der Waals surface area contributed by atoms with E-state index in [1.165, 1.54) is 29.3 Å². The van der Waals surface area contributed by atoms with Crippen molar-refractivity contribution in [1.82, 2.24) is 23.9 Å². The fraction of sp³-hybridized carbons (Fsp3) is 0.528. The van der Waals surface area contributed by atoms with Crippen molar-refractivity contribution in [3.63, 3.8) is 0 Å². The third-order valence-electron chi connectivity index (χ3n) is 11.3. The molecule has 3 saturated heterocycles. The van der Waals surface area contributed by atoms with Gasteiger partial charge in [0.2, 0.25) is 5.91 Å². The number of likely N-dealkylation sites (tertiary alicyclic amines) is 1. The number of carbonyl (C=O) groups excluding carboxylic acids is 2. The molecule has 0 spiro atoms. The van der Waals surface area contributed by atoms with Gasteiger partial charge in [-0.3, -0.25) is 9.59 Å². The van der Waals surface area contributed by atoms with Crippen molar-refractivity contribution in [2.45, 2.75) is 76.4 Å². The van der Waals surface area contributed by atoms with Crippen LogP contribution in [0.1, 0.15) is 73.7 Å². The Morgan fingerprint density at radius 1 is 1.02 bits per heavy atom. The van der Waals surface area contributed by atoms with Gasteiger partial charge in [0.15, 0.2) is 5.82 Å². The number of benzene rings is 2. The van der Waals surface area contributed by atoms with Crippen molar-refractivity contribution in [3.8, 4) is 17.3 Å². The standard InChI is InChI=1S/C36H44N6O3/c1-21(43)40-13-11-23(12-14-40)28-6-4-5-24-16-31(42(33(24)28)19-22-7-8-22)35-38-30-15-26(17-32(45-3)34(30)39(35)2)36(44)41-20-25-9-10-27(41)18-29(25)37/h4-6,15-17,22-23,25,27,29H,7-14,18-20,37H2,1-3H3/t25-,27-,29+/m1/s1. The van der Waals surface area contributed by atoms with Crippen LogP contribution in [0.3, 0.4) is 0 Å². The lowest BCUT2D eigenvalue weighted by Crippen LogP contribution is -2.58. The highest BCUT2D eigenvalue weighted by Crippen LogP contribution is 2.42. The quantitative estimate of drug-likeness (QED) is 0.321. The van der Waals surface area contributed by atoms with E-state index in [2.05, 4.69) is 40.4 Å². The summed E-state index contributed by atoms with van der Waals surface area (Å²) >= 11 is 0. The van der Waals surface area contributed by atoms with Gasteiger partial charge in [0.25, 0.3) is 5.91 Å². The Morgan fingerprint density at radius 2 is 1.82 bits per heavy atom. The molecule has 5 fully saturated rings. The summed E-state index contributed by atoms with van der Waals surface area (Å²) in [5, 5.41) is 1.23. The largest absolute Gasteiger partial charge is 0.494 e. The zero-order chi connectivity index (χ0) is 31.0. The lowest BCUT2D eigenvalue weighted by atomic mass is 9.76. The van der Waals surface area contributed by atoms with Crippen LogP contribution in [0.15, 0.2) is 36.4 Å². The van der Waals surface area contributed by atoms with Gasteiger partial charge in [-0.15, -0.1) is 0 Å². The average molecular weight is 609 g/mol. The van der Waals surface area contributed by atoms with Crippen molar-refractivity contribution >= 4 is 33.8 Å². The third kappa shape index (κ3) is 4.82. The maximum Gasteiger partial charge on any atom is 0.254 e. The second kappa shape index (κ2) is 10.9. The fourth-order valence-corrected chi connectivity index (χ4v) is 8.51. The highest BCUT2D eigenvalue weighted by molar-refractivity contribution is 6.00. The molecule has 3 atom stereocenters. The second-order valence-electron chi connectivity index (χ2n) is 14.0. The summed E-state index contributed by atoms with van der Waals surface area (Å²) in [6, 6.07) is 13.2. The smallest absolute Gasteiger partial charge is 0.254 e. The highest BCUT2D eigenvalue weighted by Gasteiger charge is 2.41. The molecule has 2 bridgehead atoms. The number of aromatic nitrogens is 3. The van der Waals surface area contributed by atoms with Gasteiger partial charge in [0, 0.05) is 63.2 Å². The molecule has 2 aromatic carbocycles. The van der Waals surface area contributed by atoms with E-state index in [0.717, 1.165) is 80.8 Å². The molecule has 3 aliphatic heterocycles. The Labute approximate surface area is 264 Å². The third-order valence-corrected chi connectivity index (χ3v) is 11.3. The molecule has 236 valence electrons. The molecule has 9 nitrogen and oxygen atoms in total. The van der Waals surface area contributed by atoms with Gasteiger partial charge in [0.1, 0.15) is 11.3 Å². The normalized spacial score (nSPS) is 23.8. The first kappa shape index (κ1) is 28.6. The summed E-state index contributed by atoms with van der Waals surface area (Å²) < 4.78 is 10.6. The van der Waals surface area contributed by atoms with Crippen molar-refractivity contribution < 1.29 is 14.3 Å². The predicted octanol–water partition coefficient (Wildman–Crippen LogP) is 5.29. The number of methoxy groups -OCH3 is 1. The molecule has 2 N–H and O–H groups in total. The zero-order valence-electron chi connectivity index (χ0n) is 26.7. The summed E-state index contributed by atoms with van der Waals surface area (Å²) in [5.74, 6) is 3.23. The van der Waals surface area contributed by atoms with Gasteiger partial charge in [-0.2, -0.15) is 0 Å². The van der Waals surface area contributed by atoms with Crippen molar-refractivity contribution in [2.75, 3.05) is 26.7 Å². The number of amides is 2. The maximum absolute atomic E-state index is 13.9. The lowest BCUT2D eigenvalue weighted by molar-refractivity contribution is -0.129. The first-order valence-corrected chi connectivity index (χ1v) is 16.8. The van der Waals surface area contributed by atoms with Crippen LogP contribution >= 0.6 is 0 Å². The van der Waals surface area contributed by atoms with Crippen molar-refractivity contribution in [3.05, 3.63) is 47.5 Å². The topological polar surface area (TPSA) is 98.6 Å². The van der Waals surface area contributed by atoms with Gasteiger partial charge in [-0.25, -0.2) is 4.98 Å². The number of ether oxygens (including phenoxy) is 1. The molecule has 5 aliphatic rings. The summed E-state index contributed by atoms with van der Waals surface area (Å²) in [5.41, 5.74) is 12.4. The number of aryl methyl sites for hydroxylation is 1. The van der Waals surface area contributed by atoms with Crippen LogP contribution in [0, 0.1) is 11.8 Å². The molecule has 0 unspecified atom stereocenters. The van der Waals surface area contributed by atoms with E-state index in [9.17, 15) is 9.59 Å². The second-order valence-corrected chi connectivity index (χ2v) is 14.0. The van der Waals surface area contributed by atoms with E-state index in [1.54, 1.807) is 14.0 Å². The number of fused-ring (bicyclic) bond motifs is 5. The number of hydrogen-bond donors (Lipinski definition) is 1. The molecular formula is C36H44N6O3. The Kier molecular flexibility index (Phi) is 6.93. The molecule has 9 heteroatoms. The number of carbonyl (C=O) groups is 2. The Balaban J connectivity index is 1.21. The molecule has 2 aromatic heterocycles. The number of nitrogens with two attached hydrogens (primary N) is 1. The van der Waals surface area contributed by atoms with E-state index < -0.39 is 0 Å². The Hall–Kier alpha value is -3.85. The molecule has 9 rings (SSSR count). The number of nitrogens with zero attached hydrogens (tertiary/aromatic N) is 5. The minimum Gasteiger partial charge on any atom is -0.494 e. The zero-order valence-corrected chi connectivity index (χ0v) is 26.7. The minimum absolute atomic E-state index is 0.0484. The van der Waals surface area contributed by atoms with Crippen LogP contribution < -0.4 is 10.5 Å². The number of rotatable bonds is 6. The minimum atomic E-state index is 0.0484. The summed E-state index contributed by atoms with van der Waals surface area (Å²) in [4.78, 5) is 35.1.